The number of hydrogen-bond acceptors (Lipinski definition) is 4. The quantitative estimate of drug-likeness (QED) is 0.549. The van der Waals surface area contributed by atoms with E-state index in [1.807, 2.05) is 0 Å². The highest BCUT2D eigenvalue weighted by Gasteiger charge is 2.48. The van der Waals surface area contributed by atoms with Crippen molar-refractivity contribution in [1.29, 1.82) is 0 Å². The van der Waals surface area contributed by atoms with Gasteiger partial charge >= 0.3 is 24.7 Å². The second kappa shape index (κ2) is 9.48. The first-order valence-electron chi connectivity index (χ1n) is 7.91. The van der Waals surface area contributed by atoms with Crippen molar-refractivity contribution in [3.63, 3.8) is 0 Å². The maximum absolute atomic E-state index is 13.6. The first kappa shape index (κ1) is 24.1. The summed E-state index contributed by atoms with van der Waals surface area (Å²) in [6.07, 6.45) is -8.15. The molecule has 1 aromatic rings. The van der Waals surface area contributed by atoms with E-state index < -0.39 is 43.5 Å². The normalized spacial score (nSPS) is 12.6. The number of benzene rings is 1. The van der Waals surface area contributed by atoms with Gasteiger partial charge in [0, 0.05) is 6.07 Å². The van der Waals surface area contributed by atoms with Gasteiger partial charge < -0.3 is 20.1 Å². The molecule has 2 N–H and O–H groups in total. The molecule has 0 saturated carbocycles. The van der Waals surface area contributed by atoms with Gasteiger partial charge in [-0.05, 0) is 24.6 Å². The van der Waals surface area contributed by atoms with E-state index in [0.29, 0.717) is 5.56 Å². The molecule has 0 heterocycles. The standard InChI is InChI=1S/C16H20F8N2O2/c1-27-11-6-10(12(28-2)5-9(11)3-4-25)26(7-15(21,22)13(17)18)8-16(23,24)14(19)20/h5-6,13-14H,3-4,7-8,25H2,1-2H3. The molecule has 162 valence electrons. The van der Waals surface area contributed by atoms with Crippen molar-refractivity contribution < 1.29 is 44.6 Å². The van der Waals surface area contributed by atoms with Gasteiger partial charge in [0.15, 0.2) is 0 Å². The molecule has 0 aliphatic heterocycles. The van der Waals surface area contributed by atoms with E-state index in [9.17, 15) is 35.1 Å². The van der Waals surface area contributed by atoms with E-state index in [2.05, 4.69) is 0 Å². The minimum atomic E-state index is -4.74. The molecule has 28 heavy (non-hydrogen) atoms. The largest absolute Gasteiger partial charge is 0.496 e. The summed E-state index contributed by atoms with van der Waals surface area (Å²) in [5.41, 5.74) is 5.33. The van der Waals surface area contributed by atoms with Gasteiger partial charge in [0.25, 0.3) is 0 Å². The number of anilines is 1. The van der Waals surface area contributed by atoms with Gasteiger partial charge in [0.05, 0.1) is 33.0 Å². The molecule has 0 spiro atoms. The summed E-state index contributed by atoms with van der Waals surface area (Å²) in [5, 5.41) is 0. The van der Waals surface area contributed by atoms with Crippen molar-refractivity contribution in [1.82, 2.24) is 0 Å². The average Bonchev–Trinajstić information content (AvgIpc) is 2.60. The number of rotatable bonds is 11. The van der Waals surface area contributed by atoms with Gasteiger partial charge in [0.2, 0.25) is 0 Å². The molecule has 0 bridgehead atoms. The molecule has 0 fully saturated rings. The third-order valence-electron chi connectivity index (χ3n) is 3.78. The van der Waals surface area contributed by atoms with Crippen LogP contribution in [-0.4, -0.2) is 58.5 Å². The minimum absolute atomic E-state index is 0.0203. The third kappa shape index (κ3) is 5.76. The molecule has 1 rings (SSSR count). The van der Waals surface area contributed by atoms with Crippen LogP contribution < -0.4 is 20.1 Å². The summed E-state index contributed by atoms with van der Waals surface area (Å²) in [5.74, 6) is -9.73. The molecule has 0 amide bonds. The smallest absolute Gasteiger partial charge is 0.324 e. The summed E-state index contributed by atoms with van der Waals surface area (Å²) >= 11 is 0. The fourth-order valence-corrected chi connectivity index (χ4v) is 2.42. The van der Waals surface area contributed by atoms with Crippen LogP contribution in [0, 0.1) is 0 Å². The number of ether oxygens (including phenoxy) is 2. The Bertz CT molecular complexity index is 621. The van der Waals surface area contributed by atoms with Crippen LogP contribution >= 0.6 is 0 Å². The first-order chi connectivity index (χ1) is 12.9. The Labute approximate surface area is 156 Å². The minimum Gasteiger partial charge on any atom is -0.496 e. The van der Waals surface area contributed by atoms with Crippen LogP contribution in [0.4, 0.5) is 40.8 Å². The molecule has 0 saturated heterocycles. The summed E-state index contributed by atoms with van der Waals surface area (Å²) < 4.78 is 115. The van der Waals surface area contributed by atoms with Crippen LogP contribution in [0.3, 0.4) is 0 Å². The number of halogens is 8. The first-order valence-corrected chi connectivity index (χ1v) is 7.91. The van der Waals surface area contributed by atoms with E-state index in [1.54, 1.807) is 0 Å². The molecule has 4 nitrogen and oxygen atoms in total. The van der Waals surface area contributed by atoms with Gasteiger partial charge in [-0.1, -0.05) is 0 Å². The molecular weight excluding hydrogens is 404 g/mol. The molecule has 0 unspecified atom stereocenters. The predicted molar refractivity (Wildman–Crippen MR) is 86.4 cm³/mol. The Kier molecular flexibility index (Phi) is 8.15. The lowest BCUT2D eigenvalue weighted by Gasteiger charge is -2.33. The van der Waals surface area contributed by atoms with Crippen molar-refractivity contribution >= 4 is 5.69 Å². The molecule has 0 aliphatic rings. The van der Waals surface area contributed by atoms with Crippen LogP contribution in [0.1, 0.15) is 5.56 Å². The fourth-order valence-electron chi connectivity index (χ4n) is 2.42. The highest BCUT2D eigenvalue weighted by atomic mass is 19.3. The summed E-state index contributed by atoms with van der Waals surface area (Å²) in [6.45, 7) is -3.74. The zero-order chi connectivity index (χ0) is 21.7. The van der Waals surface area contributed by atoms with Crippen LogP contribution in [0.2, 0.25) is 0 Å². The maximum Gasteiger partial charge on any atom is 0.324 e. The number of methoxy groups -OCH3 is 2. The van der Waals surface area contributed by atoms with Crippen molar-refractivity contribution in [2.45, 2.75) is 31.1 Å². The molecule has 0 aromatic heterocycles. The molecule has 0 aliphatic carbocycles. The van der Waals surface area contributed by atoms with Crippen molar-refractivity contribution in [2.24, 2.45) is 5.73 Å². The van der Waals surface area contributed by atoms with E-state index in [4.69, 9.17) is 15.2 Å². The monoisotopic (exact) mass is 424 g/mol. The summed E-state index contributed by atoms with van der Waals surface area (Å²) in [4.78, 5) is 0.0336. The Morgan fingerprint density at radius 2 is 1.36 bits per heavy atom. The Hall–Kier alpha value is -1.98. The zero-order valence-electron chi connectivity index (χ0n) is 15.0. The topological polar surface area (TPSA) is 47.7 Å². The highest BCUT2D eigenvalue weighted by Crippen LogP contribution is 2.39. The van der Waals surface area contributed by atoms with E-state index in [0.717, 1.165) is 13.2 Å². The molecule has 0 atom stereocenters. The summed E-state index contributed by atoms with van der Waals surface area (Å²) in [6, 6.07) is 2.21. The van der Waals surface area contributed by atoms with Crippen molar-refractivity contribution in [2.75, 3.05) is 38.8 Å². The van der Waals surface area contributed by atoms with Crippen LogP contribution in [0.5, 0.6) is 11.5 Å². The second-order valence-electron chi connectivity index (χ2n) is 5.85. The highest BCUT2D eigenvalue weighted by molar-refractivity contribution is 5.64. The third-order valence-corrected chi connectivity index (χ3v) is 3.78. The number of hydrogen-bond donors (Lipinski definition) is 1. The maximum atomic E-state index is 13.6. The predicted octanol–water partition coefficient (Wildman–Crippen LogP) is 3.81. The number of nitrogens with two attached hydrogens (primary N) is 1. The van der Waals surface area contributed by atoms with Gasteiger partial charge in [-0.3, -0.25) is 0 Å². The van der Waals surface area contributed by atoms with E-state index in [1.165, 1.54) is 13.2 Å². The molecule has 1 aromatic carbocycles. The number of nitrogens with zero attached hydrogens (tertiary/aromatic N) is 1. The van der Waals surface area contributed by atoms with Crippen molar-refractivity contribution in [3.05, 3.63) is 17.7 Å². The number of alkyl halides is 8. The van der Waals surface area contributed by atoms with Crippen molar-refractivity contribution in [3.8, 4) is 11.5 Å². The van der Waals surface area contributed by atoms with Gasteiger partial charge in [0.1, 0.15) is 11.5 Å². The Morgan fingerprint density at radius 3 is 1.71 bits per heavy atom. The Balaban J connectivity index is 3.50. The molecule has 0 radical (unpaired) electrons. The second-order valence-corrected chi connectivity index (χ2v) is 5.85. The van der Waals surface area contributed by atoms with Crippen LogP contribution in [-0.2, 0) is 6.42 Å². The van der Waals surface area contributed by atoms with Gasteiger partial charge in [-0.25, -0.2) is 17.6 Å². The van der Waals surface area contributed by atoms with Crippen LogP contribution in [0.15, 0.2) is 12.1 Å². The lowest BCUT2D eigenvalue weighted by Crippen LogP contribution is -2.48. The lowest BCUT2D eigenvalue weighted by molar-refractivity contribution is -0.135. The van der Waals surface area contributed by atoms with E-state index >= 15 is 0 Å². The SMILES string of the molecule is COc1cc(N(CC(F)(F)C(F)F)CC(F)(F)C(F)F)c(OC)cc1CCN. The summed E-state index contributed by atoms with van der Waals surface area (Å²) in [7, 11) is 2.27. The van der Waals surface area contributed by atoms with Gasteiger partial charge in [-0.15, -0.1) is 0 Å². The zero-order valence-corrected chi connectivity index (χ0v) is 15.0. The van der Waals surface area contributed by atoms with Gasteiger partial charge in [-0.2, -0.15) is 17.6 Å². The average molecular weight is 424 g/mol. The molecular formula is C16H20F8N2O2. The fraction of sp³-hybridized carbons (Fsp3) is 0.625. The van der Waals surface area contributed by atoms with E-state index in [-0.39, 0.29) is 29.4 Å². The molecule has 12 heteroatoms. The Morgan fingerprint density at radius 1 is 0.893 bits per heavy atom. The van der Waals surface area contributed by atoms with Crippen LogP contribution in [0.25, 0.3) is 0 Å². The lowest BCUT2D eigenvalue weighted by atomic mass is 10.1.